The lowest BCUT2D eigenvalue weighted by atomic mass is 10.1. The minimum atomic E-state index is -0.678. The van der Waals surface area contributed by atoms with Crippen molar-refractivity contribution >= 4 is 28.7 Å². The lowest BCUT2D eigenvalue weighted by Gasteiger charge is -2.09. The third-order valence-electron chi connectivity index (χ3n) is 4.56. The number of nitro groups is 1. The van der Waals surface area contributed by atoms with Gasteiger partial charge in [-0.2, -0.15) is 9.78 Å². The summed E-state index contributed by atoms with van der Waals surface area (Å²) in [6.07, 6.45) is 1.41. The van der Waals surface area contributed by atoms with E-state index in [-0.39, 0.29) is 28.6 Å². The number of carbonyl (C=O) groups is 1. The third-order valence-corrected chi connectivity index (χ3v) is 5.45. The zero-order valence-corrected chi connectivity index (χ0v) is 17.8. The van der Waals surface area contributed by atoms with Crippen molar-refractivity contribution < 1.29 is 9.72 Å². The molecule has 0 atom stereocenters. The van der Waals surface area contributed by atoms with Crippen LogP contribution < -0.4 is 10.9 Å². The van der Waals surface area contributed by atoms with Crippen LogP contribution in [0.1, 0.15) is 29.4 Å². The van der Waals surface area contributed by atoms with Crippen LogP contribution in [0.3, 0.4) is 0 Å². The van der Waals surface area contributed by atoms with Crippen LogP contribution in [0.5, 0.6) is 0 Å². The Hall–Kier alpha value is -4.12. The third kappa shape index (κ3) is 4.32. The number of benzene rings is 1. The molecule has 0 aliphatic heterocycles. The van der Waals surface area contributed by atoms with Gasteiger partial charge in [0, 0.05) is 23.9 Å². The van der Waals surface area contributed by atoms with Gasteiger partial charge < -0.3 is 5.32 Å². The van der Waals surface area contributed by atoms with Gasteiger partial charge in [-0.3, -0.25) is 24.7 Å². The molecule has 32 heavy (non-hydrogen) atoms. The van der Waals surface area contributed by atoms with Crippen LogP contribution in [-0.4, -0.2) is 30.6 Å². The smallest absolute Gasteiger partial charge is 0.282 e. The first-order valence-corrected chi connectivity index (χ1v) is 10.6. The number of hydrogen-bond acceptors (Lipinski definition) is 7. The summed E-state index contributed by atoms with van der Waals surface area (Å²) in [5, 5.41) is 20.4. The highest BCUT2D eigenvalue weighted by Gasteiger charge is 2.22. The number of para-hydroxylation sites is 1. The Morgan fingerprint density at radius 1 is 1.25 bits per heavy atom. The fourth-order valence-corrected chi connectivity index (χ4v) is 3.84. The largest absolute Gasteiger partial charge is 0.306 e. The van der Waals surface area contributed by atoms with Crippen molar-refractivity contribution in [3.05, 3.63) is 85.6 Å². The van der Waals surface area contributed by atoms with Gasteiger partial charge in [-0.25, -0.2) is 4.98 Å². The van der Waals surface area contributed by atoms with Crippen LogP contribution in [0.25, 0.3) is 16.5 Å². The summed E-state index contributed by atoms with van der Waals surface area (Å²) in [7, 11) is 0. The van der Waals surface area contributed by atoms with E-state index in [0.717, 1.165) is 11.3 Å². The zero-order valence-electron chi connectivity index (χ0n) is 16.9. The second-order valence-corrected chi connectivity index (χ2v) is 7.79. The molecule has 0 saturated carbocycles. The predicted molar refractivity (Wildman–Crippen MR) is 120 cm³/mol. The number of nitro benzene ring substituents is 1. The fourth-order valence-electron chi connectivity index (χ4n) is 3.16. The molecule has 3 heterocycles. The number of nitrogens with zero attached hydrogens (tertiary/aromatic N) is 4. The summed E-state index contributed by atoms with van der Waals surface area (Å²) in [4.78, 5) is 43.7. The Labute approximate surface area is 185 Å². The monoisotopic (exact) mass is 450 g/mol. The normalized spacial score (nSPS) is 10.8. The number of H-pyrrole nitrogens is 1. The number of aromatic nitrogens is 4. The Bertz CT molecular complexity index is 1340. The van der Waals surface area contributed by atoms with E-state index in [1.165, 1.54) is 40.3 Å². The van der Waals surface area contributed by atoms with E-state index in [1.54, 1.807) is 12.1 Å². The van der Waals surface area contributed by atoms with E-state index in [9.17, 15) is 19.7 Å². The summed E-state index contributed by atoms with van der Waals surface area (Å²) in [5.41, 5.74) is 0.398. The number of aryl methyl sites for hydroxylation is 1. The van der Waals surface area contributed by atoms with Crippen LogP contribution in [0.15, 0.2) is 58.7 Å². The van der Waals surface area contributed by atoms with Gasteiger partial charge in [-0.15, -0.1) is 11.3 Å². The maximum Gasteiger partial charge on any atom is 0.282 e. The van der Waals surface area contributed by atoms with Gasteiger partial charge in [0.05, 0.1) is 9.80 Å². The average Bonchev–Trinajstić information content (AvgIpc) is 3.43. The molecule has 1 aromatic carbocycles. The number of amides is 1. The quantitative estimate of drug-likeness (QED) is 0.325. The minimum absolute atomic E-state index is 0.0934. The van der Waals surface area contributed by atoms with Crippen LogP contribution in [0, 0.1) is 10.1 Å². The van der Waals surface area contributed by atoms with Crippen LogP contribution in [0.4, 0.5) is 11.5 Å². The van der Waals surface area contributed by atoms with Crippen LogP contribution >= 0.6 is 11.3 Å². The molecule has 0 fully saturated rings. The molecule has 0 saturated heterocycles. The molecule has 2 N–H and O–H groups in total. The molecule has 0 aliphatic rings. The second-order valence-electron chi connectivity index (χ2n) is 6.84. The predicted octanol–water partition coefficient (Wildman–Crippen LogP) is 3.80. The molecule has 3 aromatic heterocycles. The Balaban J connectivity index is 1.79. The number of aromatic amines is 1. The maximum atomic E-state index is 12.9. The highest BCUT2D eigenvalue weighted by molar-refractivity contribution is 7.13. The molecule has 11 heteroatoms. The number of anilines is 1. The molecule has 1 amide bonds. The molecule has 0 unspecified atom stereocenters. The zero-order chi connectivity index (χ0) is 22.7. The number of rotatable bonds is 7. The molecular weight excluding hydrogens is 432 g/mol. The highest BCUT2D eigenvalue weighted by Crippen LogP contribution is 2.28. The van der Waals surface area contributed by atoms with Gasteiger partial charge in [0.2, 0.25) is 5.95 Å². The summed E-state index contributed by atoms with van der Waals surface area (Å²) in [6, 6.07) is 12.5. The minimum Gasteiger partial charge on any atom is -0.306 e. The van der Waals surface area contributed by atoms with Crippen LogP contribution in [0.2, 0.25) is 0 Å². The van der Waals surface area contributed by atoms with Gasteiger partial charge in [-0.1, -0.05) is 31.5 Å². The Morgan fingerprint density at radius 3 is 2.78 bits per heavy atom. The van der Waals surface area contributed by atoms with Crippen molar-refractivity contribution in [2.45, 2.75) is 19.8 Å². The summed E-state index contributed by atoms with van der Waals surface area (Å²) in [6.45, 7) is 1.98. The second kappa shape index (κ2) is 8.94. The Morgan fingerprint density at radius 2 is 2.06 bits per heavy atom. The SMILES string of the molecule is CCCc1cc(=O)[nH]c(-n2nc(-c3cccs3)cc2NC(=O)c2ccccc2[N+](=O)[O-])n1. The first-order valence-electron chi connectivity index (χ1n) is 9.75. The summed E-state index contributed by atoms with van der Waals surface area (Å²) >= 11 is 1.46. The van der Waals surface area contributed by atoms with E-state index in [0.29, 0.717) is 17.8 Å². The number of thiophene rings is 1. The lowest BCUT2D eigenvalue weighted by molar-refractivity contribution is -0.385. The van der Waals surface area contributed by atoms with Gasteiger partial charge in [0.15, 0.2) is 0 Å². The molecule has 0 radical (unpaired) electrons. The molecule has 10 nitrogen and oxygen atoms in total. The van der Waals surface area contributed by atoms with Crippen molar-refractivity contribution in [3.8, 4) is 16.5 Å². The maximum absolute atomic E-state index is 12.9. The Kier molecular flexibility index (Phi) is 5.90. The molecular formula is C21H18N6O4S. The van der Waals surface area contributed by atoms with E-state index in [2.05, 4.69) is 20.4 Å². The van der Waals surface area contributed by atoms with E-state index < -0.39 is 10.8 Å². The lowest BCUT2D eigenvalue weighted by Crippen LogP contribution is -2.20. The molecule has 4 aromatic rings. The summed E-state index contributed by atoms with van der Waals surface area (Å²) < 4.78 is 1.32. The molecule has 0 bridgehead atoms. The molecule has 0 spiro atoms. The standard InChI is InChI=1S/C21H18N6O4S/c1-2-6-13-11-19(28)24-21(22-13)26-18(12-15(25-26)17-9-5-10-32-17)23-20(29)14-7-3-4-8-16(14)27(30)31/h3-5,7-12H,2,6H2,1H3,(H,23,29)(H,22,24,28). The van der Waals surface area contributed by atoms with Gasteiger partial charge in [-0.05, 0) is 23.9 Å². The number of nitrogens with one attached hydrogen (secondary N) is 2. The van der Waals surface area contributed by atoms with Gasteiger partial charge in [0.25, 0.3) is 17.2 Å². The van der Waals surface area contributed by atoms with Crippen LogP contribution in [-0.2, 0) is 6.42 Å². The molecule has 0 aliphatic carbocycles. The molecule has 4 rings (SSSR count). The van der Waals surface area contributed by atoms with E-state index in [1.807, 2.05) is 24.4 Å². The van der Waals surface area contributed by atoms with Gasteiger partial charge >= 0.3 is 0 Å². The summed E-state index contributed by atoms with van der Waals surface area (Å²) in [5.74, 6) is -0.321. The van der Waals surface area contributed by atoms with Gasteiger partial charge in [0.1, 0.15) is 17.1 Å². The topological polar surface area (TPSA) is 136 Å². The molecule has 162 valence electrons. The van der Waals surface area contributed by atoms with Crippen molar-refractivity contribution in [1.82, 2.24) is 19.7 Å². The van der Waals surface area contributed by atoms with Crippen molar-refractivity contribution in [2.24, 2.45) is 0 Å². The van der Waals surface area contributed by atoms with E-state index in [4.69, 9.17) is 0 Å². The van der Waals surface area contributed by atoms with E-state index >= 15 is 0 Å². The van der Waals surface area contributed by atoms with Crippen molar-refractivity contribution in [3.63, 3.8) is 0 Å². The number of carbonyl (C=O) groups excluding carboxylic acids is 1. The first-order chi connectivity index (χ1) is 15.5. The van der Waals surface area contributed by atoms with Crippen molar-refractivity contribution in [2.75, 3.05) is 5.32 Å². The first kappa shape index (κ1) is 21.1. The fraction of sp³-hybridized carbons (Fsp3) is 0.143. The number of hydrogen-bond donors (Lipinski definition) is 2. The van der Waals surface area contributed by atoms with Crippen molar-refractivity contribution in [1.29, 1.82) is 0 Å². The highest BCUT2D eigenvalue weighted by atomic mass is 32.1. The average molecular weight is 450 g/mol.